The third-order valence-electron chi connectivity index (χ3n) is 3.73. The van der Waals surface area contributed by atoms with Crippen LogP contribution in [-0.4, -0.2) is 23.2 Å². The summed E-state index contributed by atoms with van der Waals surface area (Å²) in [5, 5.41) is 9.29. The van der Waals surface area contributed by atoms with Crippen LogP contribution in [0.5, 0.6) is 0 Å². The Morgan fingerprint density at radius 2 is 1.83 bits per heavy atom. The van der Waals surface area contributed by atoms with Crippen molar-refractivity contribution in [2.75, 3.05) is 6.54 Å². The highest BCUT2D eigenvalue weighted by Gasteiger charge is 2.32. The molecule has 0 spiro atoms. The first-order valence-electron chi connectivity index (χ1n) is 7.30. The standard InChI is InChI=1S/C17H15N5O/c18-21-19-12-17(23)22-16(14-9-5-2-6-10-14)11-15(20-22)13-7-3-1-4-8-13/h1-10,16H,11-12H2. The molecule has 0 radical (unpaired) electrons. The van der Waals surface area contributed by atoms with Crippen LogP contribution in [-0.2, 0) is 4.79 Å². The van der Waals surface area contributed by atoms with Gasteiger partial charge in [0.1, 0.15) is 6.54 Å². The first-order valence-corrected chi connectivity index (χ1v) is 7.30. The molecule has 6 nitrogen and oxygen atoms in total. The SMILES string of the molecule is [N-]=[N+]=NCC(=O)N1N=C(c2ccccc2)CC1c1ccccc1. The number of hydrogen-bond acceptors (Lipinski definition) is 3. The Labute approximate surface area is 133 Å². The molecule has 114 valence electrons. The predicted octanol–water partition coefficient (Wildman–Crippen LogP) is 3.67. The molecule has 1 amide bonds. The van der Waals surface area contributed by atoms with Crippen LogP contribution in [0, 0.1) is 0 Å². The highest BCUT2D eigenvalue weighted by molar-refractivity contribution is 6.03. The summed E-state index contributed by atoms with van der Waals surface area (Å²) in [6.07, 6.45) is 0.635. The number of carbonyl (C=O) groups excluding carboxylic acids is 1. The predicted molar refractivity (Wildman–Crippen MR) is 87.6 cm³/mol. The van der Waals surface area contributed by atoms with E-state index in [9.17, 15) is 4.79 Å². The summed E-state index contributed by atoms with van der Waals surface area (Å²) in [4.78, 5) is 15.0. The summed E-state index contributed by atoms with van der Waals surface area (Å²) in [6, 6.07) is 19.4. The fraction of sp³-hybridized carbons (Fsp3) is 0.176. The summed E-state index contributed by atoms with van der Waals surface area (Å²) in [5.74, 6) is -0.303. The van der Waals surface area contributed by atoms with Crippen molar-refractivity contribution in [3.8, 4) is 0 Å². The van der Waals surface area contributed by atoms with Gasteiger partial charge in [-0.2, -0.15) is 5.10 Å². The third kappa shape index (κ3) is 3.22. The molecule has 1 atom stereocenters. The summed E-state index contributed by atoms with van der Waals surface area (Å²) in [5.41, 5.74) is 11.3. The second-order valence-corrected chi connectivity index (χ2v) is 5.17. The van der Waals surface area contributed by atoms with Crippen molar-refractivity contribution < 1.29 is 4.79 Å². The molecule has 0 fully saturated rings. The number of benzene rings is 2. The average molecular weight is 305 g/mol. The molecule has 0 N–H and O–H groups in total. The van der Waals surface area contributed by atoms with Crippen LogP contribution >= 0.6 is 0 Å². The van der Waals surface area contributed by atoms with E-state index in [1.54, 1.807) is 0 Å². The third-order valence-corrected chi connectivity index (χ3v) is 3.73. The van der Waals surface area contributed by atoms with Gasteiger partial charge < -0.3 is 0 Å². The van der Waals surface area contributed by atoms with E-state index in [4.69, 9.17) is 5.53 Å². The molecule has 2 aromatic rings. The van der Waals surface area contributed by atoms with Crippen molar-refractivity contribution in [2.24, 2.45) is 10.2 Å². The lowest BCUT2D eigenvalue weighted by atomic mass is 9.98. The number of nitrogens with zero attached hydrogens (tertiary/aromatic N) is 5. The molecule has 1 heterocycles. The van der Waals surface area contributed by atoms with E-state index in [1.807, 2.05) is 60.7 Å². The van der Waals surface area contributed by atoms with Gasteiger partial charge in [-0.3, -0.25) is 4.79 Å². The quantitative estimate of drug-likeness (QED) is 0.482. The first kappa shape index (κ1) is 14.8. The van der Waals surface area contributed by atoms with Crippen LogP contribution < -0.4 is 0 Å². The number of carbonyl (C=O) groups is 1. The molecular formula is C17H15N5O. The van der Waals surface area contributed by atoms with Gasteiger partial charge in [-0.05, 0) is 16.7 Å². The molecule has 0 bridgehead atoms. The number of rotatable bonds is 4. The summed E-state index contributed by atoms with van der Waals surface area (Å²) in [7, 11) is 0. The Bertz CT molecular complexity index is 766. The van der Waals surface area contributed by atoms with Crippen molar-refractivity contribution in [2.45, 2.75) is 12.5 Å². The maximum Gasteiger partial charge on any atom is 0.249 e. The molecular weight excluding hydrogens is 290 g/mol. The first-order chi connectivity index (χ1) is 11.3. The highest BCUT2D eigenvalue weighted by Crippen LogP contribution is 2.32. The van der Waals surface area contributed by atoms with Gasteiger partial charge >= 0.3 is 0 Å². The maximum atomic E-state index is 12.3. The summed E-state index contributed by atoms with van der Waals surface area (Å²) >= 11 is 0. The van der Waals surface area contributed by atoms with Gasteiger partial charge in [-0.15, -0.1) is 0 Å². The van der Waals surface area contributed by atoms with Crippen molar-refractivity contribution in [1.29, 1.82) is 0 Å². The zero-order valence-corrected chi connectivity index (χ0v) is 12.4. The van der Waals surface area contributed by atoms with Crippen LogP contribution in [0.25, 0.3) is 10.4 Å². The zero-order valence-electron chi connectivity index (χ0n) is 12.4. The molecule has 1 aliphatic heterocycles. The molecule has 2 aromatic carbocycles. The fourth-order valence-electron chi connectivity index (χ4n) is 2.64. The van der Waals surface area contributed by atoms with Crippen molar-refractivity contribution >= 4 is 11.6 Å². The van der Waals surface area contributed by atoms with Gasteiger partial charge in [0.15, 0.2) is 0 Å². The lowest BCUT2D eigenvalue weighted by molar-refractivity contribution is -0.131. The molecule has 1 aliphatic rings. The minimum Gasteiger partial charge on any atom is -0.273 e. The van der Waals surface area contributed by atoms with Gasteiger partial charge in [0, 0.05) is 11.3 Å². The van der Waals surface area contributed by atoms with Crippen LogP contribution in [0.1, 0.15) is 23.6 Å². The molecule has 6 heteroatoms. The van der Waals surface area contributed by atoms with Crippen LogP contribution in [0.15, 0.2) is 70.9 Å². The maximum absolute atomic E-state index is 12.3. The Hall–Kier alpha value is -3.11. The molecule has 0 aliphatic carbocycles. The van der Waals surface area contributed by atoms with Crippen molar-refractivity contribution in [1.82, 2.24) is 5.01 Å². The van der Waals surface area contributed by atoms with E-state index in [2.05, 4.69) is 15.1 Å². The second-order valence-electron chi connectivity index (χ2n) is 5.17. The molecule has 0 aromatic heterocycles. The number of azide groups is 1. The number of amides is 1. The number of hydrazone groups is 1. The van der Waals surface area contributed by atoms with E-state index < -0.39 is 0 Å². The zero-order chi connectivity index (χ0) is 16.1. The van der Waals surface area contributed by atoms with Crippen LogP contribution in [0.4, 0.5) is 0 Å². The van der Waals surface area contributed by atoms with E-state index in [-0.39, 0.29) is 18.5 Å². The van der Waals surface area contributed by atoms with Gasteiger partial charge in [-0.1, -0.05) is 65.8 Å². The Morgan fingerprint density at radius 1 is 1.17 bits per heavy atom. The normalized spacial score (nSPS) is 16.6. The minimum absolute atomic E-state index is 0.173. The molecule has 3 rings (SSSR count). The summed E-state index contributed by atoms with van der Waals surface area (Å²) in [6.45, 7) is -0.231. The lowest BCUT2D eigenvalue weighted by Crippen LogP contribution is -2.28. The monoisotopic (exact) mass is 305 g/mol. The Kier molecular flexibility index (Phi) is 4.36. The molecule has 23 heavy (non-hydrogen) atoms. The van der Waals surface area contributed by atoms with Gasteiger partial charge in [0.05, 0.1) is 11.8 Å². The van der Waals surface area contributed by atoms with Gasteiger partial charge in [0.25, 0.3) is 0 Å². The highest BCUT2D eigenvalue weighted by atomic mass is 16.2. The van der Waals surface area contributed by atoms with Gasteiger partial charge in [-0.25, -0.2) is 5.01 Å². The molecule has 1 unspecified atom stereocenters. The van der Waals surface area contributed by atoms with Crippen LogP contribution in [0.3, 0.4) is 0 Å². The topological polar surface area (TPSA) is 81.4 Å². The van der Waals surface area contributed by atoms with E-state index in [0.29, 0.717) is 6.42 Å². The van der Waals surface area contributed by atoms with Crippen molar-refractivity contribution in [3.05, 3.63) is 82.2 Å². The smallest absolute Gasteiger partial charge is 0.249 e. The van der Waals surface area contributed by atoms with Gasteiger partial charge in [0.2, 0.25) is 5.91 Å². The van der Waals surface area contributed by atoms with Crippen molar-refractivity contribution in [3.63, 3.8) is 0 Å². The lowest BCUT2D eigenvalue weighted by Gasteiger charge is -2.21. The largest absolute Gasteiger partial charge is 0.273 e. The second kappa shape index (κ2) is 6.77. The average Bonchev–Trinajstić information content (AvgIpc) is 3.07. The van der Waals surface area contributed by atoms with E-state index >= 15 is 0 Å². The van der Waals surface area contributed by atoms with Crippen LogP contribution in [0.2, 0.25) is 0 Å². The minimum atomic E-state index is -0.303. The van der Waals surface area contributed by atoms with E-state index in [1.165, 1.54) is 5.01 Å². The molecule has 0 saturated heterocycles. The Balaban J connectivity index is 1.93. The van der Waals surface area contributed by atoms with E-state index in [0.717, 1.165) is 16.8 Å². The fourth-order valence-corrected chi connectivity index (χ4v) is 2.64. The number of hydrogen-bond donors (Lipinski definition) is 0. The summed E-state index contributed by atoms with van der Waals surface area (Å²) < 4.78 is 0. The Morgan fingerprint density at radius 3 is 2.48 bits per heavy atom. The molecule has 0 saturated carbocycles.